The molecule has 0 spiro atoms. The summed E-state index contributed by atoms with van der Waals surface area (Å²) in [5.41, 5.74) is 0. The van der Waals surface area contributed by atoms with Crippen molar-refractivity contribution in [2.75, 3.05) is 0 Å². The van der Waals surface area contributed by atoms with Gasteiger partial charge in [0.1, 0.15) is 10.0 Å². The van der Waals surface area contributed by atoms with E-state index in [0.717, 1.165) is 10.9 Å². The molecule has 0 aliphatic heterocycles. The van der Waals surface area contributed by atoms with E-state index in [1.54, 1.807) is 11.3 Å². The molecule has 3 heteroatoms. The van der Waals surface area contributed by atoms with E-state index in [-0.39, 0.29) is 0 Å². The van der Waals surface area contributed by atoms with Crippen LogP contribution in [0.15, 0.2) is 0 Å². The van der Waals surface area contributed by atoms with Crippen molar-refractivity contribution in [3.63, 3.8) is 0 Å². The number of aromatic nitrogens is 2. The average molecular weight is 168 g/mol. The van der Waals surface area contributed by atoms with Crippen LogP contribution in [0.25, 0.3) is 0 Å². The summed E-state index contributed by atoms with van der Waals surface area (Å²) in [6.45, 7) is 2.02. The van der Waals surface area contributed by atoms with Crippen LogP contribution in [0, 0.1) is 6.92 Å². The van der Waals surface area contributed by atoms with Crippen molar-refractivity contribution in [2.45, 2.75) is 38.5 Å². The van der Waals surface area contributed by atoms with E-state index in [9.17, 15) is 0 Å². The highest BCUT2D eigenvalue weighted by Crippen LogP contribution is 2.35. The monoisotopic (exact) mass is 168 g/mol. The average Bonchev–Trinajstić information content (AvgIpc) is 2.55. The van der Waals surface area contributed by atoms with Crippen LogP contribution in [0.5, 0.6) is 0 Å². The van der Waals surface area contributed by atoms with Gasteiger partial charge in [0, 0.05) is 5.92 Å². The van der Waals surface area contributed by atoms with Crippen molar-refractivity contribution in [2.24, 2.45) is 0 Å². The van der Waals surface area contributed by atoms with Crippen molar-refractivity contribution in [1.82, 2.24) is 10.2 Å². The summed E-state index contributed by atoms with van der Waals surface area (Å²) in [6, 6.07) is 0. The smallest absolute Gasteiger partial charge is 0.120 e. The van der Waals surface area contributed by atoms with Crippen molar-refractivity contribution in [1.29, 1.82) is 0 Å². The van der Waals surface area contributed by atoms with Gasteiger partial charge in [0.05, 0.1) is 0 Å². The Bertz CT molecular complexity index is 238. The first kappa shape index (κ1) is 7.22. The summed E-state index contributed by atoms with van der Waals surface area (Å²) in [4.78, 5) is 0. The van der Waals surface area contributed by atoms with E-state index in [1.165, 1.54) is 30.7 Å². The zero-order valence-corrected chi connectivity index (χ0v) is 7.52. The molecule has 1 aliphatic rings. The standard InChI is InChI=1S/C8H12N2S/c1-6-9-10-8(11-6)7-4-2-3-5-7/h7H,2-5H2,1H3. The molecule has 0 unspecified atom stereocenters. The first-order valence-electron chi connectivity index (χ1n) is 4.16. The van der Waals surface area contributed by atoms with Gasteiger partial charge in [0.2, 0.25) is 0 Å². The van der Waals surface area contributed by atoms with Gasteiger partial charge in [-0.15, -0.1) is 21.5 Å². The molecule has 0 radical (unpaired) electrons. The highest BCUT2D eigenvalue weighted by atomic mass is 32.1. The van der Waals surface area contributed by atoms with Crippen LogP contribution in [0.3, 0.4) is 0 Å². The third-order valence-electron chi connectivity index (χ3n) is 2.25. The van der Waals surface area contributed by atoms with Gasteiger partial charge in [-0.1, -0.05) is 12.8 Å². The van der Waals surface area contributed by atoms with Crippen molar-refractivity contribution in [3.05, 3.63) is 10.0 Å². The van der Waals surface area contributed by atoms with Crippen LogP contribution in [-0.4, -0.2) is 10.2 Å². The molecule has 1 heterocycles. The lowest BCUT2D eigenvalue weighted by Gasteiger charge is -2.00. The zero-order chi connectivity index (χ0) is 7.68. The Labute approximate surface area is 70.7 Å². The van der Waals surface area contributed by atoms with Crippen molar-refractivity contribution >= 4 is 11.3 Å². The molecule has 0 saturated heterocycles. The molecule has 1 aromatic heterocycles. The Morgan fingerprint density at radius 3 is 2.55 bits per heavy atom. The molecule has 2 nitrogen and oxygen atoms in total. The minimum atomic E-state index is 0.737. The molecule has 0 aromatic carbocycles. The van der Waals surface area contributed by atoms with Gasteiger partial charge in [-0.2, -0.15) is 0 Å². The van der Waals surface area contributed by atoms with Crippen LogP contribution < -0.4 is 0 Å². The first-order valence-corrected chi connectivity index (χ1v) is 4.98. The fourth-order valence-electron chi connectivity index (χ4n) is 1.65. The normalized spacial score (nSPS) is 19.4. The Morgan fingerprint density at radius 1 is 1.27 bits per heavy atom. The maximum absolute atomic E-state index is 4.17. The molecule has 11 heavy (non-hydrogen) atoms. The van der Waals surface area contributed by atoms with Gasteiger partial charge in [-0.3, -0.25) is 0 Å². The second kappa shape index (κ2) is 2.89. The molecule has 2 rings (SSSR count). The molecule has 0 bridgehead atoms. The maximum Gasteiger partial charge on any atom is 0.120 e. The third kappa shape index (κ3) is 1.43. The van der Waals surface area contributed by atoms with Crippen LogP contribution in [0.2, 0.25) is 0 Å². The van der Waals surface area contributed by atoms with Crippen LogP contribution >= 0.6 is 11.3 Å². The van der Waals surface area contributed by atoms with Crippen LogP contribution in [0.1, 0.15) is 41.6 Å². The lowest BCUT2D eigenvalue weighted by Crippen LogP contribution is -1.89. The SMILES string of the molecule is Cc1nnc(C2CCCC2)s1. The Kier molecular flexibility index (Phi) is 1.90. The fraction of sp³-hybridized carbons (Fsp3) is 0.750. The maximum atomic E-state index is 4.17. The van der Waals surface area contributed by atoms with Gasteiger partial charge in [-0.25, -0.2) is 0 Å². The van der Waals surface area contributed by atoms with Crippen molar-refractivity contribution in [3.8, 4) is 0 Å². The van der Waals surface area contributed by atoms with Gasteiger partial charge in [-0.05, 0) is 19.8 Å². The van der Waals surface area contributed by atoms with E-state index in [4.69, 9.17) is 0 Å². The molecular formula is C8H12N2S. The van der Waals surface area contributed by atoms with Gasteiger partial charge < -0.3 is 0 Å². The molecule has 1 fully saturated rings. The predicted octanol–water partition coefficient (Wildman–Crippen LogP) is 2.50. The van der Waals surface area contributed by atoms with E-state index < -0.39 is 0 Å². The zero-order valence-electron chi connectivity index (χ0n) is 6.71. The quantitative estimate of drug-likeness (QED) is 0.644. The molecule has 60 valence electrons. The summed E-state index contributed by atoms with van der Waals surface area (Å²) in [5.74, 6) is 0.737. The highest BCUT2D eigenvalue weighted by Gasteiger charge is 2.19. The van der Waals surface area contributed by atoms with Gasteiger partial charge in [0.25, 0.3) is 0 Å². The lowest BCUT2D eigenvalue weighted by atomic mass is 10.1. The Balaban J connectivity index is 2.15. The van der Waals surface area contributed by atoms with Gasteiger partial charge >= 0.3 is 0 Å². The lowest BCUT2D eigenvalue weighted by molar-refractivity contribution is 0.704. The highest BCUT2D eigenvalue weighted by molar-refractivity contribution is 7.11. The molecule has 0 amide bonds. The number of aryl methyl sites for hydroxylation is 1. The molecule has 1 saturated carbocycles. The second-order valence-electron chi connectivity index (χ2n) is 3.14. The summed E-state index contributed by atoms with van der Waals surface area (Å²) in [7, 11) is 0. The summed E-state index contributed by atoms with van der Waals surface area (Å²) in [6.07, 6.45) is 5.41. The Hall–Kier alpha value is -0.440. The van der Waals surface area contributed by atoms with Crippen LogP contribution in [0.4, 0.5) is 0 Å². The summed E-state index contributed by atoms with van der Waals surface area (Å²) in [5, 5.41) is 10.6. The molecule has 1 aliphatic carbocycles. The van der Waals surface area contributed by atoms with Crippen molar-refractivity contribution < 1.29 is 0 Å². The minimum absolute atomic E-state index is 0.737. The van der Waals surface area contributed by atoms with E-state index in [0.29, 0.717) is 0 Å². The summed E-state index contributed by atoms with van der Waals surface area (Å²) >= 11 is 1.76. The third-order valence-corrected chi connectivity index (χ3v) is 3.25. The van der Waals surface area contributed by atoms with Gasteiger partial charge in [0.15, 0.2) is 0 Å². The number of hydrogen-bond donors (Lipinski definition) is 0. The number of hydrogen-bond acceptors (Lipinski definition) is 3. The molecular weight excluding hydrogens is 156 g/mol. The van der Waals surface area contributed by atoms with E-state index in [2.05, 4.69) is 10.2 Å². The summed E-state index contributed by atoms with van der Waals surface area (Å²) < 4.78 is 0. The largest absolute Gasteiger partial charge is 0.144 e. The topological polar surface area (TPSA) is 25.8 Å². The number of rotatable bonds is 1. The predicted molar refractivity (Wildman–Crippen MR) is 45.9 cm³/mol. The molecule has 0 N–H and O–H groups in total. The minimum Gasteiger partial charge on any atom is -0.144 e. The first-order chi connectivity index (χ1) is 5.36. The van der Waals surface area contributed by atoms with Crippen LogP contribution in [-0.2, 0) is 0 Å². The Morgan fingerprint density at radius 2 is 2.00 bits per heavy atom. The second-order valence-corrected chi connectivity index (χ2v) is 4.35. The van der Waals surface area contributed by atoms with E-state index in [1.807, 2.05) is 6.92 Å². The number of nitrogens with zero attached hydrogens (tertiary/aromatic N) is 2. The molecule has 1 aromatic rings. The van der Waals surface area contributed by atoms with E-state index >= 15 is 0 Å². The molecule has 0 atom stereocenters. The fourth-order valence-corrected chi connectivity index (χ4v) is 2.52.